The molecule has 1 fully saturated rings. The van der Waals surface area contributed by atoms with E-state index in [1.165, 1.54) is 28.7 Å². The maximum absolute atomic E-state index is 12.8. The molecular weight excluding hydrogens is 410 g/mol. The average molecular weight is 446 g/mol. The molecule has 1 aliphatic carbocycles. The average Bonchev–Trinajstić information content (AvgIpc) is 3.09. The lowest BCUT2D eigenvalue weighted by molar-refractivity contribution is -0.121. The van der Waals surface area contributed by atoms with Crippen LogP contribution in [-0.4, -0.2) is 65.7 Å². The van der Waals surface area contributed by atoms with E-state index in [4.69, 9.17) is 14.7 Å². The van der Waals surface area contributed by atoms with Gasteiger partial charge in [0, 0.05) is 30.1 Å². The second kappa shape index (κ2) is 9.38. The van der Waals surface area contributed by atoms with Gasteiger partial charge >= 0.3 is 0 Å². The fraction of sp³-hybridized carbons (Fsp3) is 0.696. The minimum atomic E-state index is -0.249. The largest absolute Gasteiger partial charge is 0.379 e. The molecule has 4 rings (SSSR count). The number of aryl methyl sites for hydroxylation is 2. The van der Waals surface area contributed by atoms with Crippen LogP contribution in [0, 0.1) is 0 Å². The fourth-order valence-electron chi connectivity index (χ4n) is 4.41. The molecule has 3 heterocycles. The molecule has 0 atom stereocenters. The van der Waals surface area contributed by atoms with Crippen LogP contribution in [0.15, 0.2) is 0 Å². The summed E-state index contributed by atoms with van der Waals surface area (Å²) in [4.78, 5) is 29.8. The van der Waals surface area contributed by atoms with Gasteiger partial charge in [-0.3, -0.25) is 9.69 Å². The number of rotatable bonds is 6. The number of carbonyl (C=O) groups excluding carboxylic acids is 1. The summed E-state index contributed by atoms with van der Waals surface area (Å²) in [5, 5.41) is 4.27. The molecule has 0 spiro atoms. The highest BCUT2D eigenvalue weighted by Crippen LogP contribution is 2.39. The van der Waals surface area contributed by atoms with Crippen molar-refractivity contribution in [2.75, 3.05) is 44.3 Å². The summed E-state index contributed by atoms with van der Waals surface area (Å²) in [5.74, 6) is 1.80. The molecule has 2 aromatic rings. The van der Waals surface area contributed by atoms with Crippen molar-refractivity contribution < 1.29 is 9.53 Å². The quantitative estimate of drug-likeness (QED) is 0.737. The van der Waals surface area contributed by atoms with Crippen molar-refractivity contribution in [3.05, 3.63) is 16.3 Å². The summed E-state index contributed by atoms with van der Waals surface area (Å²) in [6.45, 7) is 13.2. The van der Waals surface area contributed by atoms with Crippen LogP contribution in [0.1, 0.15) is 56.8 Å². The number of aromatic nitrogens is 2. The number of fused-ring (bicyclic) bond motifs is 3. The minimum absolute atomic E-state index is 0.0277. The molecule has 0 aromatic carbocycles. The Hall–Kier alpha value is -1.77. The normalized spacial score (nSPS) is 17.5. The van der Waals surface area contributed by atoms with Crippen molar-refractivity contribution in [3.63, 3.8) is 0 Å². The van der Waals surface area contributed by atoms with Gasteiger partial charge < -0.3 is 15.0 Å². The van der Waals surface area contributed by atoms with Crippen molar-refractivity contribution in [1.29, 1.82) is 0 Å². The molecule has 1 amide bonds. The highest BCUT2D eigenvalue weighted by atomic mass is 32.1. The van der Waals surface area contributed by atoms with E-state index in [-0.39, 0.29) is 11.4 Å². The Kier molecular flexibility index (Phi) is 6.79. The van der Waals surface area contributed by atoms with Crippen LogP contribution in [0.2, 0.25) is 0 Å². The van der Waals surface area contributed by atoms with Gasteiger partial charge in [-0.2, -0.15) is 0 Å². The van der Waals surface area contributed by atoms with Crippen molar-refractivity contribution >= 4 is 33.3 Å². The van der Waals surface area contributed by atoms with Crippen LogP contribution >= 0.6 is 11.3 Å². The lowest BCUT2D eigenvalue weighted by Crippen LogP contribution is -2.46. The monoisotopic (exact) mass is 445 g/mol. The summed E-state index contributed by atoms with van der Waals surface area (Å²) in [7, 11) is 0. The number of carbonyl (C=O) groups is 1. The van der Waals surface area contributed by atoms with E-state index in [9.17, 15) is 4.79 Å². The Labute approximate surface area is 189 Å². The van der Waals surface area contributed by atoms with Crippen LogP contribution in [-0.2, 0) is 28.9 Å². The Morgan fingerprint density at radius 2 is 1.94 bits per heavy atom. The molecular formula is C23H35N5O2S. The first kappa shape index (κ1) is 22.4. The highest BCUT2D eigenvalue weighted by Gasteiger charge is 2.26. The lowest BCUT2D eigenvalue weighted by Gasteiger charge is -2.28. The number of hydrogen-bond donors (Lipinski definition) is 1. The lowest BCUT2D eigenvalue weighted by atomic mass is 9.97. The smallest absolute Gasteiger partial charge is 0.239 e. The molecule has 8 heteroatoms. The maximum atomic E-state index is 12.8. The van der Waals surface area contributed by atoms with Gasteiger partial charge in [0.05, 0.1) is 31.7 Å². The molecule has 0 unspecified atom stereocenters. The van der Waals surface area contributed by atoms with Gasteiger partial charge in [-0.25, -0.2) is 9.97 Å². The van der Waals surface area contributed by atoms with Crippen LogP contribution in [0.25, 0.3) is 10.2 Å². The van der Waals surface area contributed by atoms with Gasteiger partial charge in [0.15, 0.2) is 0 Å². The maximum Gasteiger partial charge on any atom is 0.239 e. The second-order valence-electron chi connectivity index (χ2n) is 9.56. The third-order valence-corrected chi connectivity index (χ3v) is 7.03. The van der Waals surface area contributed by atoms with Crippen molar-refractivity contribution in [3.8, 4) is 0 Å². The third-order valence-electron chi connectivity index (χ3n) is 5.84. The summed E-state index contributed by atoms with van der Waals surface area (Å²) in [6.07, 6.45) is 4.67. The van der Waals surface area contributed by atoms with Crippen LogP contribution in [0.3, 0.4) is 0 Å². The van der Waals surface area contributed by atoms with E-state index in [1.54, 1.807) is 0 Å². The molecule has 0 saturated carbocycles. The molecule has 7 nitrogen and oxygen atoms in total. The highest BCUT2D eigenvalue weighted by molar-refractivity contribution is 7.19. The standard InChI is InChI=1S/C23H35N5O2S/c1-5-28(15-19(29)26-23(2,3)4)21-20-16-8-6-7-9-17(16)31-22(20)25-18(24-21)14-27-10-12-30-13-11-27/h5-15H2,1-4H3,(H,26,29). The number of hydrogen-bond acceptors (Lipinski definition) is 7. The van der Waals surface area contributed by atoms with Gasteiger partial charge in [-0.1, -0.05) is 0 Å². The first-order valence-electron chi connectivity index (χ1n) is 11.5. The molecule has 0 radical (unpaired) electrons. The van der Waals surface area contributed by atoms with E-state index < -0.39 is 0 Å². The van der Waals surface area contributed by atoms with E-state index in [1.807, 2.05) is 32.1 Å². The molecule has 1 saturated heterocycles. The number of nitrogens with zero attached hydrogens (tertiary/aromatic N) is 4. The molecule has 1 aliphatic heterocycles. The molecule has 170 valence electrons. The van der Waals surface area contributed by atoms with Crippen molar-refractivity contribution in [1.82, 2.24) is 20.2 Å². The topological polar surface area (TPSA) is 70.6 Å². The SMILES string of the molecule is CCN(CC(=O)NC(C)(C)C)c1nc(CN2CCOCC2)nc2sc3c(c12)CCCC3. The zero-order valence-electron chi connectivity index (χ0n) is 19.3. The van der Waals surface area contributed by atoms with Crippen LogP contribution in [0.4, 0.5) is 5.82 Å². The first-order chi connectivity index (χ1) is 14.8. The number of thiophene rings is 1. The number of anilines is 1. The molecule has 31 heavy (non-hydrogen) atoms. The Bertz CT molecular complexity index is 930. The van der Waals surface area contributed by atoms with Gasteiger partial charge in [0.2, 0.25) is 5.91 Å². The van der Waals surface area contributed by atoms with Crippen LogP contribution in [0.5, 0.6) is 0 Å². The number of morpholine rings is 1. The van der Waals surface area contributed by atoms with Crippen molar-refractivity contribution in [2.24, 2.45) is 0 Å². The van der Waals surface area contributed by atoms with E-state index in [0.717, 1.165) is 68.7 Å². The molecule has 2 aromatic heterocycles. The van der Waals surface area contributed by atoms with E-state index in [0.29, 0.717) is 6.54 Å². The van der Waals surface area contributed by atoms with Gasteiger partial charge in [-0.15, -0.1) is 11.3 Å². The van der Waals surface area contributed by atoms with Gasteiger partial charge in [0.25, 0.3) is 0 Å². The summed E-state index contributed by atoms with van der Waals surface area (Å²) in [6, 6.07) is 0. The number of likely N-dealkylation sites (N-methyl/N-ethyl adjacent to an activating group) is 1. The predicted octanol–water partition coefficient (Wildman–Crippen LogP) is 3.14. The molecule has 1 N–H and O–H groups in total. The van der Waals surface area contributed by atoms with Crippen molar-refractivity contribution in [2.45, 2.75) is 65.5 Å². The van der Waals surface area contributed by atoms with E-state index in [2.05, 4.69) is 22.0 Å². The van der Waals surface area contributed by atoms with Gasteiger partial charge in [-0.05, 0) is 58.9 Å². The minimum Gasteiger partial charge on any atom is -0.379 e. The molecule has 2 aliphatic rings. The first-order valence-corrected chi connectivity index (χ1v) is 12.3. The Morgan fingerprint density at radius 1 is 1.19 bits per heavy atom. The fourth-order valence-corrected chi connectivity index (χ4v) is 5.68. The number of amides is 1. The zero-order valence-corrected chi connectivity index (χ0v) is 20.1. The van der Waals surface area contributed by atoms with Gasteiger partial charge in [0.1, 0.15) is 16.5 Å². The summed E-state index contributed by atoms with van der Waals surface area (Å²) < 4.78 is 5.49. The van der Waals surface area contributed by atoms with Crippen LogP contribution < -0.4 is 10.2 Å². The Morgan fingerprint density at radius 3 is 2.65 bits per heavy atom. The number of nitrogens with one attached hydrogen (secondary N) is 1. The predicted molar refractivity (Wildman–Crippen MR) is 126 cm³/mol. The third kappa shape index (κ3) is 5.35. The molecule has 0 bridgehead atoms. The Balaban J connectivity index is 1.70. The zero-order chi connectivity index (χ0) is 22.0. The van der Waals surface area contributed by atoms with E-state index >= 15 is 0 Å². The number of ether oxygens (including phenoxy) is 1. The second-order valence-corrected chi connectivity index (χ2v) is 10.6. The summed E-state index contributed by atoms with van der Waals surface area (Å²) >= 11 is 1.83. The summed E-state index contributed by atoms with van der Waals surface area (Å²) in [5.41, 5.74) is 1.16.